The summed E-state index contributed by atoms with van der Waals surface area (Å²) in [6.45, 7) is 4.33. The van der Waals surface area contributed by atoms with Crippen LogP contribution >= 0.6 is 0 Å². The molecule has 3 heteroatoms. The third-order valence-electron chi connectivity index (χ3n) is 4.17. The standard InChI is InChI=1S/C15H21N3/c1-10-14(12-4-2-3-5-13(12)18-10)15(16)11-6-8-17-9-7-11/h2-5,11,15,17-18H,6-9,16H2,1H3/t15-/m1/s1. The van der Waals surface area contributed by atoms with Crippen LogP contribution in [0.5, 0.6) is 0 Å². The van der Waals surface area contributed by atoms with Crippen LogP contribution in [-0.2, 0) is 0 Å². The van der Waals surface area contributed by atoms with Gasteiger partial charge in [0.15, 0.2) is 0 Å². The highest BCUT2D eigenvalue weighted by atomic mass is 14.9. The lowest BCUT2D eigenvalue weighted by molar-refractivity contribution is 0.322. The molecule has 96 valence electrons. The molecule has 3 rings (SSSR count). The van der Waals surface area contributed by atoms with Gasteiger partial charge in [0.2, 0.25) is 0 Å². The van der Waals surface area contributed by atoms with Crippen molar-refractivity contribution in [2.45, 2.75) is 25.8 Å². The number of H-pyrrole nitrogens is 1. The first-order valence-corrected chi connectivity index (χ1v) is 6.81. The first kappa shape index (κ1) is 11.8. The van der Waals surface area contributed by atoms with Gasteiger partial charge in [0.25, 0.3) is 0 Å². The minimum atomic E-state index is 0.156. The van der Waals surface area contributed by atoms with E-state index < -0.39 is 0 Å². The Labute approximate surface area is 108 Å². The summed E-state index contributed by atoms with van der Waals surface area (Å²) < 4.78 is 0. The fourth-order valence-electron chi connectivity index (χ4n) is 3.17. The Kier molecular flexibility index (Phi) is 3.10. The fraction of sp³-hybridized carbons (Fsp3) is 0.467. The van der Waals surface area contributed by atoms with E-state index in [0.717, 1.165) is 13.1 Å². The largest absolute Gasteiger partial charge is 0.358 e. The molecule has 2 heterocycles. The topological polar surface area (TPSA) is 53.8 Å². The molecule has 1 aliphatic heterocycles. The molecular formula is C15H21N3. The first-order chi connectivity index (χ1) is 8.77. The summed E-state index contributed by atoms with van der Waals surface area (Å²) in [6, 6.07) is 8.62. The third-order valence-corrected chi connectivity index (χ3v) is 4.17. The molecule has 1 aromatic heterocycles. The summed E-state index contributed by atoms with van der Waals surface area (Å²) in [6.07, 6.45) is 2.36. The molecule has 0 aliphatic carbocycles. The molecule has 1 saturated heterocycles. The summed E-state index contributed by atoms with van der Waals surface area (Å²) in [5, 5.41) is 4.70. The van der Waals surface area contributed by atoms with Gasteiger partial charge in [-0.1, -0.05) is 18.2 Å². The van der Waals surface area contributed by atoms with E-state index in [-0.39, 0.29) is 6.04 Å². The van der Waals surface area contributed by atoms with Crippen molar-refractivity contribution in [1.82, 2.24) is 10.3 Å². The van der Waals surface area contributed by atoms with Gasteiger partial charge < -0.3 is 16.0 Å². The van der Waals surface area contributed by atoms with Crippen molar-refractivity contribution in [1.29, 1.82) is 0 Å². The molecule has 1 aromatic carbocycles. The maximum atomic E-state index is 6.53. The molecular weight excluding hydrogens is 222 g/mol. The molecule has 1 atom stereocenters. The minimum Gasteiger partial charge on any atom is -0.358 e. The van der Waals surface area contributed by atoms with Gasteiger partial charge in [0, 0.05) is 22.6 Å². The maximum Gasteiger partial charge on any atom is 0.0459 e. The van der Waals surface area contributed by atoms with E-state index in [2.05, 4.69) is 41.5 Å². The molecule has 0 unspecified atom stereocenters. The smallest absolute Gasteiger partial charge is 0.0459 e. The number of para-hydroxylation sites is 1. The maximum absolute atomic E-state index is 6.53. The lowest BCUT2D eigenvalue weighted by atomic mass is 9.85. The summed E-state index contributed by atoms with van der Waals surface area (Å²) in [5.74, 6) is 0.601. The van der Waals surface area contributed by atoms with E-state index in [1.807, 2.05) is 0 Å². The quantitative estimate of drug-likeness (QED) is 0.759. The van der Waals surface area contributed by atoms with Gasteiger partial charge in [-0.15, -0.1) is 0 Å². The number of nitrogens with one attached hydrogen (secondary N) is 2. The number of hydrogen-bond donors (Lipinski definition) is 3. The van der Waals surface area contributed by atoms with Gasteiger partial charge in [-0.2, -0.15) is 0 Å². The number of piperidine rings is 1. The van der Waals surface area contributed by atoms with E-state index in [1.165, 1.54) is 35.0 Å². The van der Waals surface area contributed by atoms with Gasteiger partial charge in [0.05, 0.1) is 0 Å². The van der Waals surface area contributed by atoms with Gasteiger partial charge >= 0.3 is 0 Å². The van der Waals surface area contributed by atoms with Crippen LogP contribution in [0.4, 0.5) is 0 Å². The molecule has 18 heavy (non-hydrogen) atoms. The van der Waals surface area contributed by atoms with Crippen molar-refractivity contribution in [3.63, 3.8) is 0 Å². The Hall–Kier alpha value is -1.32. The van der Waals surface area contributed by atoms with E-state index in [0.29, 0.717) is 5.92 Å². The van der Waals surface area contributed by atoms with Gasteiger partial charge in [-0.3, -0.25) is 0 Å². The number of aromatic amines is 1. The second-order valence-electron chi connectivity index (χ2n) is 5.32. The molecule has 0 amide bonds. The van der Waals surface area contributed by atoms with Crippen LogP contribution in [0, 0.1) is 12.8 Å². The summed E-state index contributed by atoms with van der Waals surface area (Å²) in [7, 11) is 0. The predicted molar refractivity (Wildman–Crippen MR) is 75.6 cm³/mol. The Morgan fingerprint density at radius 2 is 1.94 bits per heavy atom. The monoisotopic (exact) mass is 243 g/mol. The second-order valence-corrected chi connectivity index (χ2v) is 5.32. The Bertz CT molecular complexity index is 538. The van der Waals surface area contributed by atoms with Crippen molar-refractivity contribution in [2.75, 3.05) is 13.1 Å². The molecule has 1 aliphatic rings. The fourth-order valence-corrected chi connectivity index (χ4v) is 3.17. The van der Waals surface area contributed by atoms with E-state index in [4.69, 9.17) is 5.73 Å². The van der Waals surface area contributed by atoms with Crippen LogP contribution in [0.25, 0.3) is 10.9 Å². The normalized spacial score (nSPS) is 19.2. The van der Waals surface area contributed by atoms with Gasteiger partial charge in [-0.05, 0) is 50.4 Å². The van der Waals surface area contributed by atoms with E-state index >= 15 is 0 Å². The molecule has 0 saturated carbocycles. The lowest BCUT2D eigenvalue weighted by Gasteiger charge is -2.28. The zero-order valence-corrected chi connectivity index (χ0v) is 10.9. The molecule has 2 aromatic rings. The Morgan fingerprint density at radius 3 is 2.72 bits per heavy atom. The highest BCUT2D eigenvalue weighted by Crippen LogP contribution is 2.33. The zero-order valence-electron chi connectivity index (χ0n) is 10.9. The van der Waals surface area contributed by atoms with Crippen molar-refractivity contribution < 1.29 is 0 Å². The first-order valence-electron chi connectivity index (χ1n) is 6.81. The lowest BCUT2D eigenvalue weighted by Crippen LogP contribution is -2.33. The van der Waals surface area contributed by atoms with Crippen LogP contribution in [0.1, 0.15) is 30.1 Å². The second kappa shape index (κ2) is 4.75. The number of rotatable bonds is 2. The van der Waals surface area contributed by atoms with Crippen LogP contribution in [0.15, 0.2) is 24.3 Å². The van der Waals surface area contributed by atoms with Crippen molar-refractivity contribution in [2.24, 2.45) is 11.7 Å². The van der Waals surface area contributed by atoms with Crippen LogP contribution in [0.2, 0.25) is 0 Å². The van der Waals surface area contributed by atoms with Crippen molar-refractivity contribution in [3.8, 4) is 0 Å². The SMILES string of the molecule is Cc1[nH]c2ccccc2c1[C@H](N)C1CCNCC1. The number of fused-ring (bicyclic) bond motifs is 1. The van der Waals surface area contributed by atoms with Crippen molar-refractivity contribution >= 4 is 10.9 Å². The summed E-state index contributed by atoms with van der Waals surface area (Å²) in [4.78, 5) is 3.45. The van der Waals surface area contributed by atoms with E-state index in [9.17, 15) is 0 Å². The summed E-state index contributed by atoms with van der Waals surface area (Å²) >= 11 is 0. The summed E-state index contributed by atoms with van der Waals surface area (Å²) in [5.41, 5.74) is 10.3. The highest BCUT2D eigenvalue weighted by molar-refractivity contribution is 5.85. The number of nitrogens with two attached hydrogens (primary N) is 1. The molecule has 0 bridgehead atoms. The molecule has 1 fully saturated rings. The number of aromatic nitrogens is 1. The Morgan fingerprint density at radius 1 is 1.22 bits per heavy atom. The van der Waals surface area contributed by atoms with Crippen LogP contribution < -0.4 is 11.1 Å². The van der Waals surface area contributed by atoms with Crippen LogP contribution in [0.3, 0.4) is 0 Å². The molecule has 0 spiro atoms. The van der Waals surface area contributed by atoms with Gasteiger partial charge in [-0.25, -0.2) is 0 Å². The number of aryl methyl sites for hydroxylation is 1. The third kappa shape index (κ3) is 1.93. The molecule has 0 radical (unpaired) electrons. The molecule has 3 nitrogen and oxygen atoms in total. The Balaban J connectivity index is 1.99. The average molecular weight is 243 g/mol. The van der Waals surface area contributed by atoms with Crippen LogP contribution in [-0.4, -0.2) is 18.1 Å². The van der Waals surface area contributed by atoms with Gasteiger partial charge in [0.1, 0.15) is 0 Å². The number of hydrogen-bond acceptors (Lipinski definition) is 2. The zero-order chi connectivity index (χ0) is 12.5. The minimum absolute atomic E-state index is 0.156. The highest BCUT2D eigenvalue weighted by Gasteiger charge is 2.25. The van der Waals surface area contributed by atoms with Crippen molar-refractivity contribution in [3.05, 3.63) is 35.5 Å². The average Bonchev–Trinajstić information content (AvgIpc) is 2.75. The number of benzene rings is 1. The molecule has 4 N–H and O–H groups in total. The predicted octanol–water partition coefficient (Wildman–Crippen LogP) is 2.48. The van der Waals surface area contributed by atoms with E-state index in [1.54, 1.807) is 0 Å².